The number of hydrogen-bond donors (Lipinski definition) is 1. The highest BCUT2D eigenvalue weighted by molar-refractivity contribution is 14.1. The molecule has 1 aromatic rings. The van der Waals surface area contributed by atoms with E-state index in [1.165, 1.54) is 6.20 Å². The van der Waals surface area contributed by atoms with Gasteiger partial charge in [-0.25, -0.2) is 8.78 Å². The molecule has 17 heavy (non-hydrogen) atoms. The van der Waals surface area contributed by atoms with Crippen molar-refractivity contribution in [2.24, 2.45) is 0 Å². The molecular formula is C10H10F2INO3. The maximum atomic E-state index is 12.6. The van der Waals surface area contributed by atoms with Gasteiger partial charge in [0, 0.05) is 9.77 Å². The third-order valence-electron chi connectivity index (χ3n) is 1.95. The number of aromatic nitrogens is 1. The van der Waals surface area contributed by atoms with Gasteiger partial charge in [-0.15, -0.1) is 0 Å². The molecule has 1 heterocycles. The molecular weight excluding hydrogens is 347 g/mol. The lowest BCUT2D eigenvalue weighted by Crippen LogP contribution is -2.10. The van der Waals surface area contributed by atoms with Crippen LogP contribution in [0.25, 0.3) is 0 Å². The fraction of sp³-hybridized carbons (Fsp3) is 0.400. The number of nitrogens with zero attached hydrogens (tertiary/aromatic N) is 1. The Hall–Kier alpha value is -0.990. The van der Waals surface area contributed by atoms with E-state index >= 15 is 0 Å². The van der Waals surface area contributed by atoms with E-state index in [4.69, 9.17) is 0 Å². The van der Waals surface area contributed by atoms with Crippen LogP contribution in [0.1, 0.15) is 24.6 Å². The van der Waals surface area contributed by atoms with Crippen molar-refractivity contribution in [1.29, 1.82) is 0 Å². The summed E-state index contributed by atoms with van der Waals surface area (Å²) < 4.78 is 30.1. The van der Waals surface area contributed by atoms with E-state index in [-0.39, 0.29) is 22.3 Å². The smallest absolute Gasteiger partial charge is 0.312 e. The Kier molecular flexibility index (Phi) is 5.03. The van der Waals surface area contributed by atoms with Crippen LogP contribution in [0.15, 0.2) is 6.20 Å². The molecule has 0 aromatic carbocycles. The molecule has 0 unspecified atom stereocenters. The van der Waals surface area contributed by atoms with Crippen LogP contribution in [-0.4, -0.2) is 22.7 Å². The zero-order valence-electron chi connectivity index (χ0n) is 8.91. The topological polar surface area (TPSA) is 59.4 Å². The van der Waals surface area contributed by atoms with Crippen molar-refractivity contribution in [1.82, 2.24) is 4.98 Å². The van der Waals surface area contributed by atoms with Gasteiger partial charge in [0.2, 0.25) is 0 Å². The van der Waals surface area contributed by atoms with Gasteiger partial charge in [-0.3, -0.25) is 9.78 Å². The van der Waals surface area contributed by atoms with Gasteiger partial charge < -0.3 is 9.84 Å². The number of carbonyl (C=O) groups excluding carboxylic acids is 1. The third kappa shape index (κ3) is 3.48. The second kappa shape index (κ2) is 6.08. The molecule has 1 rings (SSSR count). The van der Waals surface area contributed by atoms with Crippen LogP contribution < -0.4 is 0 Å². The van der Waals surface area contributed by atoms with Crippen molar-refractivity contribution in [3.63, 3.8) is 0 Å². The molecule has 0 aliphatic rings. The minimum absolute atomic E-state index is 0.0980. The van der Waals surface area contributed by atoms with Crippen LogP contribution in [0.5, 0.6) is 5.75 Å². The summed E-state index contributed by atoms with van der Waals surface area (Å²) in [6.45, 7) is 1.81. The molecule has 4 nitrogen and oxygen atoms in total. The lowest BCUT2D eigenvalue weighted by Gasteiger charge is -2.09. The van der Waals surface area contributed by atoms with Crippen LogP contribution in [0.3, 0.4) is 0 Å². The number of alkyl halides is 2. The number of aromatic hydroxyl groups is 1. The molecule has 0 radical (unpaired) electrons. The number of pyridine rings is 1. The molecule has 0 atom stereocenters. The molecule has 94 valence electrons. The first-order chi connectivity index (χ1) is 7.97. The maximum absolute atomic E-state index is 12.6. The average Bonchev–Trinajstić information content (AvgIpc) is 2.22. The number of halogens is 3. The fourth-order valence-electron chi connectivity index (χ4n) is 1.22. The minimum Gasteiger partial charge on any atom is -0.505 e. The average molecular weight is 357 g/mol. The third-order valence-corrected chi connectivity index (χ3v) is 2.81. The van der Waals surface area contributed by atoms with E-state index in [1.807, 2.05) is 0 Å². The van der Waals surface area contributed by atoms with Crippen LogP contribution in [-0.2, 0) is 16.0 Å². The van der Waals surface area contributed by atoms with Gasteiger partial charge in [0.25, 0.3) is 6.43 Å². The molecule has 1 aromatic heterocycles. The Labute approximate surface area is 110 Å². The molecule has 0 amide bonds. The van der Waals surface area contributed by atoms with Crippen molar-refractivity contribution in [2.75, 3.05) is 6.61 Å². The second-order valence-corrected chi connectivity index (χ2v) is 4.26. The fourth-order valence-corrected chi connectivity index (χ4v) is 1.85. The first-order valence-corrected chi connectivity index (χ1v) is 5.85. The predicted octanol–water partition coefficient (Wildman–Crippen LogP) is 2.44. The first kappa shape index (κ1) is 14.1. The van der Waals surface area contributed by atoms with Gasteiger partial charge >= 0.3 is 5.97 Å². The number of rotatable bonds is 4. The zero-order chi connectivity index (χ0) is 13.0. The predicted molar refractivity (Wildman–Crippen MR) is 63.9 cm³/mol. The summed E-state index contributed by atoms with van der Waals surface area (Å²) in [6.07, 6.45) is -1.95. The van der Waals surface area contributed by atoms with E-state index in [0.29, 0.717) is 0 Å². The van der Waals surface area contributed by atoms with Crippen molar-refractivity contribution in [3.8, 4) is 5.75 Å². The monoisotopic (exact) mass is 357 g/mol. The molecule has 0 spiro atoms. The molecule has 0 aliphatic heterocycles. The summed E-state index contributed by atoms with van der Waals surface area (Å²) in [6, 6.07) is 0. The molecule has 0 saturated carbocycles. The number of esters is 1. The standard InChI is InChI=1S/C10H10F2INO3/c1-2-17-7(15)3-6-9(16)8(10(11)12)5(13)4-14-6/h4,10,16H,2-3H2,1H3. The van der Waals surface area contributed by atoms with Crippen LogP contribution in [0.4, 0.5) is 8.78 Å². The highest BCUT2D eigenvalue weighted by Gasteiger charge is 2.22. The zero-order valence-corrected chi connectivity index (χ0v) is 11.1. The number of ether oxygens (including phenoxy) is 1. The normalized spacial score (nSPS) is 10.6. The Bertz CT molecular complexity index is 426. The Morgan fingerprint density at radius 2 is 2.29 bits per heavy atom. The van der Waals surface area contributed by atoms with Gasteiger partial charge in [0.15, 0.2) is 0 Å². The van der Waals surface area contributed by atoms with Crippen molar-refractivity contribution in [2.45, 2.75) is 19.8 Å². The van der Waals surface area contributed by atoms with Gasteiger partial charge in [-0.05, 0) is 29.5 Å². The Balaban J connectivity index is 3.02. The number of hydrogen-bond acceptors (Lipinski definition) is 4. The summed E-state index contributed by atoms with van der Waals surface area (Å²) in [7, 11) is 0. The largest absolute Gasteiger partial charge is 0.505 e. The van der Waals surface area contributed by atoms with Crippen molar-refractivity contribution in [3.05, 3.63) is 21.0 Å². The molecule has 7 heteroatoms. The Morgan fingerprint density at radius 1 is 1.65 bits per heavy atom. The van der Waals surface area contributed by atoms with E-state index in [9.17, 15) is 18.7 Å². The van der Waals surface area contributed by atoms with E-state index in [0.717, 1.165) is 0 Å². The highest BCUT2D eigenvalue weighted by Crippen LogP contribution is 2.34. The highest BCUT2D eigenvalue weighted by atomic mass is 127. The first-order valence-electron chi connectivity index (χ1n) is 4.77. The lowest BCUT2D eigenvalue weighted by atomic mass is 10.1. The summed E-state index contributed by atoms with van der Waals surface area (Å²) in [5.41, 5.74) is -0.598. The molecule has 0 aliphatic carbocycles. The van der Waals surface area contributed by atoms with Crippen molar-refractivity contribution < 1.29 is 23.4 Å². The lowest BCUT2D eigenvalue weighted by molar-refractivity contribution is -0.142. The maximum Gasteiger partial charge on any atom is 0.312 e. The van der Waals surface area contributed by atoms with Crippen LogP contribution >= 0.6 is 22.6 Å². The van der Waals surface area contributed by atoms with Crippen LogP contribution in [0.2, 0.25) is 0 Å². The molecule has 0 fully saturated rings. The summed E-state index contributed by atoms with van der Waals surface area (Å²) in [5.74, 6) is -1.25. The van der Waals surface area contributed by atoms with E-state index in [1.54, 1.807) is 29.5 Å². The van der Waals surface area contributed by atoms with Gasteiger partial charge in [0.05, 0.1) is 24.3 Å². The quantitative estimate of drug-likeness (QED) is 0.664. The Morgan fingerprint density at radius 3 is 2.82 bits per heavy atom. The molecule has 0 bridgehead atoms. The summed E-state index contributed by atoms with van der Waals surface area (Å²) >= 11 is 1.65. The van der Waals surface area contributed by atoms with Crippen LogP contribution in [0, 0.1) is 3.57 Å². The molecule has 1 N–H and O–H groups in total. The van der Waals surface area contributed by atoms with Crippen molar-refractivity contribution >= 4 is 28.6 Å². The van der Waals surface area contributed by atoms with Gasteiger partial charge in [-0.2, -0.15) is 0 Å². The number of carbonyl (C=O) groups is 1. The van der Waals surface area contributed by atoms with Gasteiger partial charge in [0.1, 0.15) is 5.75 Å². The van der Waals surface area contributed by atoms with E-state index in [2.05, 4.69) is 9.72 Å². The van der Waals surface area contributed by atoms with Gasteiger partial charge in [-0.1, -0.05) is 0 Å². The second-order valence-electron chi connectivity index (χ2n) is 3.10. The SMILES string of the molecule is CCOC(=O)Cc1ncc(I)c(C(F)F)c1O. The summed E-state index contributed by atoms with van der Waals surface area (Å²) in [5, 5.41) is 9.60. The van der Waals surface area contributed by atoms with E-state index < -0.39 is 23.7 Å². The minimum atomic E-state index is -2.81. The molecule has 0 saturated heterocycles. The summed E-state index contributed by atoms with van der Waals surface area (Å²) in [4.78, 5) is 14.9.